The third kappa shape index (κ3) is 3.78. The monoisotopic (exact) mass is 254 g/mol. The summed E-state index contributed by atoms with van der Waals surface area (Å²) in [7, 11) is 1.84. The zero-order valence-electron chi connectivity index (χ0n) is 10.0. The van der Waals surface area contributed by atoms with Crippen molar-refractivity contribution in [2.24, 2.45) is 0 Å². The van der Waals surface area contributed by atoms with E-state index in [0.717, 1.165) is 23.6 Å². The van der Waals surface area contributed by atoms with E-state index in [1.807, 2.05) is 24.9 Å². The highest BCUT2D eigenvalue weighted by atomic mass is 32.2. The summed E-state index contributed by atoms with van der Waals surface area (Å²) in [5, 5.41) is 3.38. The van der Waals surface area contributed by atoms with Gasteiger partial charge in [-0.05, 0) is 6.07 Å². The molecule has 1 aromatic heterocycles. The van der Waals surface area contributed by atoms with Crippen LogP contribution in [0.2, 0.25) is 0 Å². The lowest BCUT2D eigenvalue weighted by Gasteiger charge is -2.25. The van der Waals surface area contributed by atoms with E-state index >= 15 is 0 Å². The van der Waals surface area contributed by atoms with E-state index in [1.54, 1.807) is 17.4 Å². The van der Waals surface area contributed by atoms with Crippen LogP contribution in [-0.2, 0) is 11.3 Å². The molecule has 1 aliphatic rings. The summed E-state index contributed by atoms with van der Waals surface area (Å²) >= 11 is 1.91. The van der Waals surface area contributed by atoms with Gasteiger partial charge in [-0.2, -0.15) is 11.8 Å². The fraction of sp³-hybridized carbons (Fsp3) is 0.583. The molecular weight excluding hydrogens is 236 g/mol. The molecule has 0 radical (unpaired) electrons. The third-order valence-corrected chi connectivity index (χ3v) is 3.98. The molecule has 1 fully saturated rings. The SMILES string of the molecule is CN(Cc1ccoc1)C(=O)CC1CSCCN1. The molecule has 94 valence electrons. The molecule has 2 rings (SSSR count). The first-order chi connectivity index (χ1) is 8.25. The number of hydrogen-bond acceptors (Lipinski definition) is 4. The summed E-state index contributed by atoms with van der Waals surface area (Å²) in [6, 6.07) is 2.21. The van der Waals surface area contributed by atoms with Crippen LogP contribution in [0.4, 0.5) is 0 Å². The highest BCUT2D eigenvalue weighted by molar-refractivity contribution is 7.99. The van der Waals surface area contributed by atoms with E-state index in [-0.39, 0.29) is 5.91 Å². The number of nitrogens with one attached hydrogen (secondary N) is 1. The van der Waals surface area contributed by atoms with Crippen molar-refractivity contribution >= 4 is 17.7 Å². The molecule has 0 spiro atoms. The van der Waals surface area contributed by atoms with Crippen LogP contribution in [0.15, 0.2) is 23.0 Å². The van der Waals surface area contributed by atoms with Crippen molar-refractivity contribution in [3.05, 3.63) is 24.2 Å². The Hall–Kier alpha value is -0.940. The molecule has 1 unspecified atom stereocenters. The summed E-state index contributed by atoms with van der Waals surface area (Å²) in [5.74, 6) is 2.37. The summed E-state index contributed by atoms with van der Waals surface area (Å²) < 4.78 is 4.99. The zero-order valence-corrected chi connectivity index (χ0v) is 10.8. The highest BCUT2D eigenvalue weighted by Crippen LogP contribution is 2.12. The second kappa shape index (κ2) is 6.12. The normalized spacial score (nSPS) is 20.2. The summed E-state index contributed by atoms with van der Waals surface area (Å²) in [5.41, 5.74) is 1.03. The largest absolute Gasteiger partial charge is 0.472 e. The van der Waals surface area contributed by atoms with Crippen LogP contribution in [0.1, 0.15) is 12.0 Å². The van der Waals surface area contributed by atoms with Gasteiger partial charge in [-0.25, -0.2) is 0 Å². The van der Waals surface area contributed by atoms with Gasteiger partial charge < -0.3 is 14.6 Å². The molecule has 1 aromatic rings. The molecule has 0 bridgehead atoms. The van der Waals surface area contributed by atoms with Crippen LogP contribution in [0.3, 0.4) is 0 Å². The van der Waals surface area contributed by atoms with Crippen LogP contribution in [0, 0.1) is 0 Å². The van der Waals surface area contributed by atoms with Gasteiger partial charge in [0.15, 0.2) is 0 Å². The Morgan fingerprint density at radius 2 is 2.59 bits per heavy atom. The van der Waals surface area contributed by atoms with Crippen molar-refractivity contribution in [1.29, 1.82) is 0 Å². The minimum absolute atomic E-state index is 0.186. The van der Waals surface area contributed by atoms with Crippen molar-refractivity contribution in [3.63, 3.8) is 0 Å². The van der Waals surface area contributed by atoms with Crippen LogP contribution < -0.4 is 5.32 Å². The average molecular weight is 254 g/mol. The van der Waals surface area contributed by atoms with E-state index in [0.29, 0.717) is 19.0 Å². The molecule has 1 N–H and O–H groups in total. The minimum Gasteiger partial charge on any atom is -0.472 e. The lowest BCUT2D eigenvalue weighted by Crippen LogP contribution is -2.41. The molecule has 17 heavy (non-hydrogen) atoms. The van der Waals surface area contributed by atoms with Crippen molar-refractivity contribution in [3.8, 4) is 0 Å². The Morgan fingerprint density at radius 1 is 1.71 bits per heavy atom. The molecule has 0 aliphatic carbocycles. The van der Waals surface area contributed by atoms with Crippen LogP contribution in [-0.4, -0.2) is 41.9 Å². The predicted molar refractivity (Wildman–Crippen MR) is 68.9 cm³/mol. The Labute approximate surface area is 106 Å². The van der Waals surface area contributed by atoms with Gasteiger partial charge in [0.1, 0.15) is 0 Å². The second-order valence-electron chi connectivity index (χ2n) is 4.31. The van der Waals surface area contributed by atoms with Gasteiger partial charge in [0.05, 0.1) is 12.5 Å². The Bertz CT molecular complexity index is 347. The van der Waals surface area contributed by atoms with E-state index < -0.39 is 0 Å². The number of furan rings is 1. The second-order valence-corrected chi connectivity index (χ2v) is 5.46. The third-order valence-electron chi connectivity index (χ3n) is 2.85. The topological polar surface area (TPSA) is 45.5 Å². The fourth-order valence-electron chi connectivity index (χ4n) is 1.86. The molecular formula is C12H18N2O2S. The van der Waals surface area contributed by atoms with E-state index in [9.17, 15) is 4.79 Å². The van der Waals surface area contributed by atoms with Crippen molar-refractivity contribution in [2.45, 2.75) is 19.0 Å². The number of carbonyl (C=O) groups excluding carboxylic acids is 1. The molecule has 1 atom stereocenters. The number of thioether (sulfide) groups is 1. The molecule has 5 heteroatoms. The number of rotatable bonds is 4. The predicted octanol–water partition coefficient (Wildman–Crippen LogP) is 1.33. The minimum atomic E-state index is 0.186. The molecule has 1 aliphatic heterocycles. The maximum absolute atomic E-state index is 12.0. The Balaban J connectivity index is 1.78. The van der Waals surface area contributed by atoms with Gasteiger partial charge >= 0.3 is 0 Å². The van der Waals surface area contributed by atoms with Crippen LogP contribution in [0.25, 0.3) is 0 Å². The van der Waals surface area contributed by atoms with Gasteiger partial charge in [-0.1, -0.05) is 0 Å². The molecule has 1 amide bonds. The first-order valence-corrected chi connectivity index (χ1v) is 6.97. The van der Waals surface area contributed by atoms with Gasteiger partial charge in [0.2, 0.25) is 5.91 Å². The lowest BCUT2D eigenvalue weighted by atomic mass is 10.2. The van der Waals surface area contributed by atoms with Gasteiger partial charge in [0, 0.05) is 49.7 Å². The smallest absolute Gasteiger partial charge is 0.224 e. The number of nitrogens with zero attached hydrogens (tertiary/aromatic N) is 1. The van der Waals surface area contributed by atoms with E-state index in [4.69, 9.17) is 4.42 Å². The Morgan fingerprint density at radius 3 is 3.24 bits per heavy atom. The maximum Gasteiger partial charge on any atom is 0.224 e. The van der Waals surface area contributed by atoms with E-state index in [2.05, 4.69) is 5.32 Å². The fourth-order valence-corrected chi connectivity index (χ4v) is 2.81. The van der Waals surface area contributed by atoms with Gasteiger partial charge in [-0.15, -0.1) is 0 Å². The van der Waals surface area contributed by atoms with E-state index in [1.165, 1.54) is 0 Å². The first-order valence-electron chi connectivity index (χ1n) is 5.82. The number of amides is 1. The van der Waals surface area contributed by atoms with Crippen molar-refractivity contribution in [2.75, 3.05) is 25.1 Å². The average Bonchev–Trinajstić information content (AvgIpc) is 2.83. The van der Waals surface area contributed by atoms with Crippen LogP contribution >= 0.6 is 11.8 Å². The summed E-state index contributed by atoms with van der Waals surface area (Å²) in [6.45, 7) is 1.63. The lowest BCUT2D eigenvalue weighted by molar-refractivity contribution is -0.130. The molecule has 0 saturated carbocycles. The molecule has 0 aromatic carbocycles. The van der Waals surface area contributed by atoms with Crippen LogP contribution in [0.5, 0.6) is 0 Å². The molecule has 1 saturated heterocycles. The maximum atomic E-state index is 12.0. The molecule has 2 heterocycles. The zero-order chi connectivity index (χ0) is 12.1. The standard InChI is InChI=1S/C12H18N2O2S/c1-14(7-10-2-4-16-8-10)12(15)6-11-9-17-5-3-13-11/h2,4,8,11,13H,3,5-7,9H2,1H3. The first kappa shape index (κ1) is 12.5. The number of carbonyl (C=O) groups is 1. The Kier molecular flexibility index (Phi) is 4.50. The number of hydrogen-bond donors (Lipinski definition) is 1. The van der Waals surface area contributed by atoms with Gasteiger partial charge in [0.25, 0.3) is 0 Å². The van der Waals surface area contributed by atoms with Crippen molar-refractivity contribution < 1.29 is 9.21 Å². The quantitative estimate of drug-likeness (QED) is 0.880. The van der Waals surface area contributed by atoms with Gasteiger partial charge in [-0.3, -0.25) is 4.79 Å². The summed E-state index contributed by atoms with van der Waals surface area (Å²) in [6.07, 6.45) is 3.90. The molecule has 4 nitrogen and oxygen atoms in total. The highest BCUT2D eigenvalue weighted by Gasteiger charge is 2.19. The summed E-state index contributed by atoms with van der Waals surface area (Å²) in [4.78, 5) is 13.7. The van der Waals surface area contributed by atoms with Crippen molar-refractivity contribution in [1.82, 2.24) is 10.2 Å².